The van der Waals surface area contributed by atoms with Crippen LogP contribution in [0.1, 0.15) is 56.8 Å². The number of aromatic nitrogens is 1. The lowest BCUT2D eigenvalue weighted by molar-refractivity contribution is -0.151. The molecule has 1 saturated heterocycles. The minimum Gasteiger partial charge on any atom is -0.478 e. The standard InChI is InChI=1S/C17H18N2O5.C6H5NO2/c20-10-4-3-9-18-14(21)8-7-13(17(18)24)19-15(22)11-5-1-2-6-12(11)16(19)23;8-6(9)5-2-1-3-7-4-5/h1-2,5-6,13,20H,3-4,7-10H2;1-4H,(H,8,9). The highest BCUT2D eigenvalue weighted by molar-refractivity contribution is 6.23. The zero-order valence-electron chi connectivity index (χ0n) is 17.7. The summed E-state index contributed by atoms with van der Waals surface area (Å²) in [5, 5.41) is 17.2. The summed E-state index contributed by atoms with van der Waals surface area (Å²) in [5.41, 5.74) is 0.801. The largest absolute Gasteiger partial charge is 0.478 e. The first-order chi connectivity index (χ1) is 15.9. The van der Waals surface area contributed by atoms with Crippen molar-refractivity contribution in [1.29, 1.82) is 0 Å². The van der Waals surface area contributed by atoms with E-state index in [1.165, 1.54) is 18.5 Å². The number of unbranched alkanes of at least 4 members (excludes halogenated alkanes) is 1. The molecular weight excluding hydrogens is 430 g/mol. The van der Waals surface area contributed by atoms with E-state index in [0.717, 1.165) is 9.80 Å². The van der Waals surface area contributed by atoms with Gasteiger partial charge in [0.2, 0.25) is 5.91 Å². The highest BCUT2D eigenvalue weighted by Gasteiger charge is 2.46. The molecule has 0 bridgehead atoms. The van der Waals surface area contributed by atoms with Crippen molar-refractivity contribution < 1.29 is 34.2 Å². The van der Waals surface area contributed by atoms with Gasteiger partial charge in [-0.2, -0.15) is 0 Å². The summed E-state index contributed by atoms with van der Waals surface area (Å²) in [6.45, 7) is 0.177. The molecule has 1 atom stereocenters. The number of carboxylic acid groups (broad SMARTS) is 1. The number of pyridine rings is 1. The Bertz CT molecular complexity index is 1040. The summed E-state index contributed by atoms with van der Waals surface area (Å²) in [6, 6.07) is 8.60. The minimum atomic E-state index is -0.942. The highest BCUT2D eigenvalue weighted by atomic mass is 16.4. The maximum Gasteiger partial charge on any atom is 0.337 e. The Labute approximate surface area is 189 Å². The lowest BCUT2D eigenvalue weighted by atomic mass is 10.0. The van der Waals surface area contributed by atoms with Crippen molar-refractivity contribution in [1.82, 2.24) is 14.8 Å². The summed E-state index contributed by atoms with van der Waals surface area (Å²) >= 11 is 0. The number of aromatic carboxylic acids is 1. The lowest BCUT2D eigenvalue weighted by Gasteiger charge is -2.34. The van der Waals surface area contributed by atoms with E-state index in [2.05, 4.69) is 4.98 Å². The number of aliphatic hydroxyl groups excluding tert-OH is 1. The Balaban J connectivity index is 0.000000286. The third-order valence-electron chi connectivity index (χ3n) is 5.32. The molecule has 0 radical (unpaired) electrons. The summed E-state index contributed by atoms with van der Waals surface area (Å²) in [6.07, 6.45) is 4.08. The maximum atomic E-state index is 12.7. The summed E-state index contributed by atoms with van der Waals surface area (Å²) < 4.78 is 0. The van der Waals surface area contributed by atoms with Gasteiger partial charge in [0.15, 0.2) is 0 Å². The van der Waals surface area contributed by atoms with Crippen LogP contribution in [0.4, 0.5) is 0 Å². The first-order valence-electron chi connectivity index (χ1n) is 10.4. The van der Waals surface area contributed by atoms with Crippen molar-refractivity contribution in [3.63, 3.8) is 0 Å². The van der Waals surface area contributed by atoms with Gasteiger partial charge in [0.1, 0.15) is 6.04 Å². The van der Waals surface area contributed by atoms with Crippen molar-refractivity contribution in [2.75, 3.05) is 13.2 Å². The molecular formula is C23H23N3O7. The molecule has 1 aromatic heterocycles. The lowest BCUT2D eigenvalue weighted by Crippen LogP contribution is -2.56. The highest BCUT2D eigenvalue weighted by Crippen LogP contribution is 2.29. The number of nitrogens with zero attached hydrogens (tertiary/aromatic N) is 3. The van der Waals surface area contributed by atoms with E-state index < -0.39 is 29.7 Å². The molecule has 1 fully saturated rings. The molecule has 3 heterocycles. The fourth-order valence-corrected chi connectivity index (χ4v) is 3.66. The van der Waals surface area contributed by atoms with E-state index in [1.807, 2.05) is 0 Å². The van der Waals surface area contributed by atoms with E-state index in [9.17, 15) is 24.0 Å². The number of piperidine rings is 1. The molecule has 2 aromatic rings. The molecule has 2 aliphatic rings. The molecule has 2 aliphatic heterocycles. The number of fused-ring (bicyclic) bond motifs is 1. The quantitative estimate of drug-likeness (QED) is 0.492. The maximum absolute atomic E-state index is 12.7. The zero-order valence-corrected chi connectivity index (χ0v) is 17.7. The number of carbonyl (C=O) groups excluding carboxylic acids is 4. The number of carbonyl (C=O) groups is 5. The molecule has 172 valence electrons. The predicted molar refractivity (Wildman–Crippen MR) is 114 cm³/mol. The van der Waals surface area contributed by atoms with Crippen molar-refractivity contribution in [3.05, 3.63) is 65.5 Å². The number of aliphatic hydroxyl groups is 1. The molecule has 10 heteroatoms. The van der Waals surface area contributed by atoms with Crippen LogP contribution < -0.4 is 0 Å². The second kappa shape index (κ2) is 10.6. The first kappa shape index (κ1) is 23.7. The number of likely N-dealkylation sites (tertiary alicyclic amines) is 1. The number of benzene rings is 1. The molecule has 33 heavy (non-hydrogen) atoms. The second-order valence-corrected chi connectivity index (χ2v) is 7.44. The number of rotatable bonds is 6. The van der Waals surface area contributed by atoms with E-state index in [0.29, 0.717) is 24.0 Å². The number of imide groups is 2. The summed E-state index contributed by atoms with van der Waals surface area (Å²) in [4.78, 5) is 65.6. The fraction of sp³-hybridized carbons (Fsp3) is 0.304. The molecule has 1 aromatic carbocycles. The van der Waals surface area contributed by atoms with Crippen molar-refractivity contribution in [2.24, 2.45) is 0 Å². The van der Waals surface area contributed by atoms with Crippen molar-refractivity contribution >= 4 is 29.6 Å². The van der Waals surface area contributed by atoms with Crippen LogP contribution in [0.5, 0.6) is 0 Å². The number of hydrogen-bond acceptors (Lipinski definition) is 7. The summed E-state index contributed by atoms with van der Waals surface area (Å²) in [5.74, 6) is -2.73. The van der Waals surface area contributed by atoms with Gasteiger partial charge in [-0.25, -0.2) is 4.79 Å². The van der Waals surface area contributed by atoms with Gasteiger partial charge in [-0.1, -0.05) is 12.1 Å². The number of amides is 4. The van der Waals surface area contributed by atoms with Crippen LogP contribution in [0.3, 0.4) is 0 Å². The molecule has 0 saturated carbocycles. The van der Waals surface area contributed by atoms with Crippen LogP contribution in [-0.4, -0.2) is 73.8 Å². The van der Waals surface area contributed by atoms with Gasteiger partial charge in [-0.3, -0.25) is 34.0 Å². The van der Waals surface area contributed by atoms with Crippen LogP contribution in [0.15, 0.2) is 48.8 Å². The predicted octanol–water partition coefficient (Wildman–Crippen LogP) is 1.35. The normalized spacial score (nSPS) is 17.5. The summed E-state index contributed by atoms with van der Waals surface area (Å²) in [7, 11) is 0. The second-order valence-electron chi connectivity index (χ2n) is 7.44. The fourth-order valence-electron chi connectivity index (χ4n) is 3.66. The van der Waals surface area contributed by atoms with Crippen LogP contribution in [0.25, 0.3) is 0 Å². The average molecular weight is 453 g/mol. The van der Waals surface area contributed by atoms with Crippen LogP contribution in [0.2, 0.25) is 0 Å². The average Bonchev–Trinajstić information content (AvgIpc) is 3.07. The molecule has 4 rings (SSSR count). The van der Waals surface area contributed by atoms with Gasteiger partial charge in [0.05, 0.1) is 16.7 Å². The molecule has 0 spiro atoms. The van der Waals surface area contributed by atoms with E-state index in [1.54, 1.807) is 30.3 Å². The first-order valence-corrected chi connectivity index (χ1v) is 10.4. The number of carboxylic acids is 1. The topological polar surface area (TPSA) is 145 Å². The molecule has 2 N–H and O–H groups in total. The molecule has 0 aliphatic carbocycles. The Kier molecular flexibility index (Phi) is 7.62. The monoisotopic (exact) mass is 453 g/mol. The van der Waals surface area contributed by atoms with Gasteiger partial charge < -0.3 is 10.2 Å². The van der Waals surface area contributed by atoms with Crippen LogP contribution in [0, 0.1) is 0 Å². The van der Waals surface area contributed by atoms with Crippen molar-refractivity contribution in [2.45, 2.75) is 31.7 Å². The molecule has 4 amide bonds. The third kappa shape index (κ3) is 5.12. The molecule has 1 unspecified atom stereocenters. The Morgan fingerprint density at radius 3 is 2.18 bits per heavy atom. The van der Waals surface area contributed by atoms with Gasteiger partial charge in [-0.15, -0.1) is 0 Å². The van der Waals surface area contributed by atoms with Gasteiger partial charge >= 0.3 is 5.97 Å². The van der Waals surface area contributed by atoms with Crippen molar-refractivity contribution in [3.8, 4) is 0 Å². The van der Waals surface area contributed by atoms with Crippen LogP contribution in [-0.2, 0) is 9.59 Å². The minimum absolute atomic E-state index is 0.0158. The van der Waals surface area contributed by atoms with E-state index >= 15 is 0 Å². The SMILES string of the molecule is O=C(O)c1cccnc1.O=C1CCC(N2C(=O)c3ccccc3C2=O)C(=O)N1CCCCO. The van der Waals surface area contributed by atoms with Crippen LogP contribution >= 0.6 is 0 Å². The van der Waals surface area contributed by atoms with E-state index in [4.69, 9.17) is 10.2 Å². The molecule has 10 nitrogen and oxygen atoms in total. The smallest absolute Gasteiger partial charge is 0.337 e. The Morgan fingerprint density at radius 2 is 1.67 bits per heavy atom. The van der Waals surface area contributed by atoms with Gasteiger partial charge in [0.25, 0.3) is 17.7 Å². The third-order valence-corrected chi connectivity index (χ3v) is 5.32. The number of hydrogen-bond donors (Lipinski definition) is 2. The zero-order chi connectivity index (χ0) is 24.0. The Hall–Kier alpha value is -3.92. The van der Waals surface area contributed by atoms with E-state index in [-0.39, 0.29) is 37.5 Å². The Morgan fingerprint density at radius 1 is 1.00 bits per heavy atom. The van der Waals surface area contributed by atoms with Gasteiger partial charge in [-0.05, 0) is 43.5 Å². The van der Waals surface area contributed by atoms with Gasteiger partial charge in [0, 0.05) is 32.0 Å².